The minimum Gasteiger partial charge on any atom is -0.321 e. The van der Waals surface area contributed by atoms with E-state index in [0.29, 0.717) is 10.6 Å². The highest BCUT2D eigenvalue weighted by molar-refractivity contribution is 9.10. The Hall–Kier alpha value is -1.32. The zero-order valence-corrected chi connectivity index (χ0v) is 11.1. The van der Waals surface area contributed by atoms with Crippen LogP contribution in [0.25, 0.3) is 0 Å². The third kappa shape index (κ3) is 3.08. The Bertz CT molecular complexity index is 557. The lowest BCUT2D eigenvalue weighted by Crippen LogP contribution is -2.12. The number of hydrogen-bond donors (Lipinski definition) is 1. The molecule has 0 heterocycles. The van der Waals surface area contributed by atoms with E-state index in [4.69, 9.17) is 11.6 Å². The lowest BCUT2D eigenvalue weighted by atomic mass is 10.2. The summed E-state index contributed by atoms with van der Waals surface area (Å²) >= 11 is 9.20. The van der Waals surface area contributed by atoms with Gasteiger partial charge in [0.1, 0.15) is 0 Å². The topological polar surface area (TPSA) is 29.1 Å². The van der Waals surface area contributed by atoms with Crippen LogP contribution in [0.3, 0.4) is 0 Å². The Morgan fingerprint density at radius 1 is 1.12 bits per heavy atom. The lowest BCUT2D eigenvalue weighted by molar-refractivity contribution is 0.102. The molecule has 0 saturated carbocycles. The van der Waals surface area contributed by atoms with E-state index >= 15 is 0 Å². The second-order valence-corrected chi connectivity index (χ2v) is 4.74. The van der Waals surface area contributed by atoms with Gasteiger partial charge in [-0.25, -0.2) is 0 Å². The Morgan fingerprint density at radius 2 is 1.88 bits per heavy atom. The number of benzene rings is 2. The molecule has 17 heavy (non-hydrogen) atoms. The summed E-state index contributed by atoms with van der Waals surface area (Å²) in [5, 5.41) is 3.36. The molecule has 0 fully saturated rings. The fourth-order valence-electron chi connectivity index (χ4n) is 1.39. The van der Waals surface area contributed by atoms with Gasteiger partial charge in [0.25, 0.3) is 5.91 Å². The molecule has 4 heteroatoms. The first kappa shape index (κ1) is 12.1. The molecule has 2 rings (SSSR count). The Morgan fingerprint density at radius 3 is 2.59 bits per heavy atom. The maximum Gasteiger partial charge on any atom is 0.255 e. The van der Waals surface area contributed by atoms with Gasteiger partial charge in [-0.05, 0) is 46.3 Å². The first-order valence-corrected chi connectivity index (χ1v) is 6.15. The SMILES string of the molecule is O=C(Nc1ccccc1Br)c1cccc(Cl)c1. The molecule has 1 amide bonds. The molecular weight excluding hydrogens is 302 g/mol. The molecule has 0 aliphatic carbocycles. The van der Waals surface area contributed by atoms with E-state index in [2.05, 4.69) is 21.2 Å². The third-order valence-electron chi connectivity index (χ3n) is 2.21. The lowest BCUT2D eigenvalue weighted by Gasteiger charge is -2.07. The van der Waals surface area contributed by atoms with Gasteiger partial charge in [0.2, 0.25) is 0 Å². The number of carbonyl (C=O) groups is 1. The van der Waals surface area contributed by atoms with Crippen LogP contribution in [0.1, 0.15) is 10.4 Å². The highest BCUT2D eigenvalue weighted by Crippen LogP contribution is 2.22. The second kappa shape index (κ2) is 5.34. The summed E-state index contributed by atoms with van der Waals surface area (Å²) < 4.78 is 0.843. The normalized spacial score (nSPS) is 10.0. The van der Waals surface area contributed by atoms with Crippen LogP contribution in [-0.2, 0) is 0 Å². The zero-order valence-electron chi connectivity index (χ0n) is 8.78. The molecule has 0 aromatic heterocycles. The monoisotopic (exact) mass is 309 g/mol. The molecule has 2 aromatic rings. The van der Waals surface area contributed by atoms with E-state index in [9.17, 15) is 4.79 Å². The van der Waals surface area contributed by atoms with E-state index in [1.807, 2.05) is 24.3 Å². The summed E-state index contributed by atoms with van der Waals surface area (Å²) in [6, 6.07) is 14.3. The standard InChI is InChI=1S/C13H9BrClNO/c14-11-6-1-2-7-12(11)16-13(17)9-4-3-5-10(15)8-9/h1-8H,(H,16,17). The molecule has 0 aliphatic rings. The van der Waals surface area contributed by atoms with Crippen LogP contribution in [0.5, 0.6) is 0 Å². The van der Waals surface area contributed by atoms with Gasteiger partial charge in [-0.2, -0.15) is 0 Å². The number of carbonyl (C=O) groups excluding carboxylic acids is 1. The van der Waals surface area contributed by atoms with Crippen molar-refractivity contribution < 1.29 is 4.79 Å². The second-order valence-electron chi connectivity index (χ2n) is 3.44. The fourth-order valence-corrected chi connectivity index (χ4v) is 1.96. The van der Waals surface area contributed by atoms with E-state index in [1.165, 1.54) is 0 Å². The van der Waals surface area contributed by atoms with Crippen molar-refractivity contribution in [1.29, 1.82) is 0 Å². The van der Waals surface area contributed by atoms with Crippen LogP contribution in [-0.4, -0.2) is 5.91 Å². The smallest absolute Gasteiger partial charge is 0.255 e. The Labute approximate surface area is 113 Å². The molecule has 0 saturated heterocycles. The number of amides is 1. The van der Waals surface area contributed by atoms with E-state index < -0.39 is 0 Å². The number of para-hydroxylation sites is 1. The summed E-state index contributed by atoms with van der Waals surface area (Å²) in [4.78, 5) is 11.9. The van der Waals surface area contributed by atoms with Crippen molar-refractivity contribution in [2.45, 2.75) is 0 Å². The van der Waals surface area contributed by atoms with Crippen LogP contribution < -0.4 is 5.32 Å². The van der Waals surface area contributed by atoms with Gasteiger partial charge in [0.05, 0.1) is 5.69 Å². The van der Waals surface area contributed by atoms with Gasteiger partial charge < -0.3 is 5.32 Å². The third-order valence-corrected chi connectivity index (χ3v) is 3.14. The fraction of sp³-hybridized carbons (Fsp3) is 0. The summed E-state index contributed by atoms with van der Waals surface area (Å²) in [7, 11) is 0. The van der Waals surface area contributed by atoms with Gasteiger partial charge >= 0.3 is 0 Å². The Kier molecular flexibility index (Phi) is 3.82. The van der Waals surface area contributed by atoms with Crippen LogP contribution in [0, 0.1) is 0 Å². The molecule has 2 aromatic carbocycles. The zero-order chi connectivity index (χ0) is 12.3. The van der Waals surface area contributed by atoms with Crippen LogP contribution in [0.15, 0.2) is 53.0 Å². The molecule has 0 bridgehead atoms. The van der Waals surface area contributed by atoms with Gasteiger partial charge in [0.15, 0.2) is 0 Å². The number of halogens is 2. The molecule has 2 nitrogen and oxygen atoms in total. The molecule has 0 unspecified atom stereocenters. The quantitative estimate of drug-likeness (QED) is 0.877. The van der Waals surface area contributed by atoms with Crippen molar-refractivity contribution in [3.63, 3.8) is 0 Å². The first-order valence-electron chi connectivity index (χ1n) is 4.98. The summed E-state index contributed by atoms with van der Waals surface area (Å²) in [5.41, 5.74) is 1.27. The molecule has 0 spiro atoms. The molecule has 0 atom stereocenters. The molecular formula is C13H9BrClNO. The highest BCUT2D eigenvalue weighted by Gasteiger charge is 2.07. The Balaban J connectivity index is 2.20. The van der Waals surface area contributed by atoms with Crippen molar-refractivity contribution in [2.24, 2.45) is 0 Å². The van der Waals surface area contributed by atoms with Crippen LogP contribution in [0.2, 0.25) is 5.02 Å². The predicted octanol–water partition coefficient (Wildman–Crippen LogP) is 4.35. The van der Waals surface area contributed by atoms with Crippen molar-refractivity contribution >= 4 is 39.1 Å². The van der Waals surface area contributed by atoms with Crippen molar-refractivity contribution in [2.75, 3.05) is 5.32 Å². The molecule has 1 N–H and O–H groups in total. The van der Waals surface area contributed by atoms with Gasteiger partial charge in [-0.3, -0.25) is 4.79 Å². The van der Waals surface area contributed by atoms with Gasteiger partial charge in [-0.15, -0.1) is 0 Å². The average molecular weight is 311 g/mol. The summed E-state index contributed by atoms with van der Waals surface area (Å²) in [6.45, 7) is 0. The predicted molar refractivity (Wildman–Crippen MR) is 73.5 cm³/mol. The van der Waals surface area contributed by atoms with Crippen LogP contribution in [0.4, 0.5) is 5.69 Å². The van der Waals surface area contributed by atoms with Gasteiger partial charge in [0, 0.05) is 15.1 Å². The summed E-state index contributed by atoms with van der Waals surface area (Å²) in [5.74, 6) is -0.181. The van der Waals surface area contributed by atoms with Crippen molar-refractivity contribution in [3.8, 4) is 0 Å². The largest absolute Gasteiger partial charge is 0.321 e. The average Bonchev–Trinajstić information content (AvgIpc) is 2.32. The van der Waals surface area contributed by atoms with Crippen molar-refractivity contribution in [3.05, 3.63) is 63.6 Å². The van der Waals surface area contributed by atoms with E-state index in [1.54, 1.807) is 24.3 Å². The minimum atomic E-state index is -0.181. The maximum absolute atomic E-state index is 11.9. The van der Waals surface area contributed by atoms with Gasteiger partial charge in [-0.1, -0.05) is 29.8 Å². The molecule has 86 valence electrons. The van der Waals surface area contributed by atoms with E-state index in [0.717, 1.165) is 10.2 Å². The number of hydrogen-bond acceptors (Lipinski definition) is 1. The number of nitrogens with one attached hydrogen (secondary N) is 1. The maximum atomic E-state index is 11.9. The van der Waals surface area contributed by atoms with Crippen LogP contribution >= 0.6 is 27.5 Å². The van der Waals surface area contributed by atoms with E-state index in [-0.39, 0.29) is 5.91 Å². The van der Waals surface area contributed by atoms with Crippen molar-refractivity contribution in [1.82, 2.24) is 0 Å². The molecule has 0 aliphatic heterocycles. The molecule has 0 radical (unpaired) electrons. The minimum absolute atomic E-state index is 0.181. The number of rotatable bonds is 2. The summed E-state index contributed by atoms with van der Waals surface area (Å²) in [6.07, 6.45) is 0. The number of anilines is 1. The first-order chi connectivity index (χ1) is 8.16. The highest BCUT2D eigenvalue weighted by atomic mass is 79.9.